The zero-order chi connectivity index (χ0) is 20.2. The van der Waals surface area contributed by atoms with E-state index in [1.165, 1.54) is 24.3 Å². The summed E-state index contributed by atoms with van der Waals surface area (Å²) in [6, 6.07) is 8.39. The van der Waals surface area contributed by atoms with Crippen molar-refractivity contribution in [2.45, 2.75) is 18.8 Å². The Kier molecular flexibility index (Phi) is 3.97. The van der Waals surface area contributed by atoms with Gasteiger partial charge in [0.05, 0.1) is 28.9 Å². The fourth-order valence-electron chi connectivity index (χ4n) is 3.78. The molecule has 1 atom stereocenters. The van der Waals surface area contributed by atoms with Gasteiger partial charge in [0, 0.05) is 29.8 Å². The minimum Gasteiger partial charge on any atom is -0.456 e. The quantitative estimate of drug-likeness (QED) is 0.473. The number of hydrogen-bond donors (Lipinski definition) is 3. The Labute approximate surface area is 162 Å². The van der Waals surface area contributed by atoms with E-state index < -0.39 is 17.8 Å². The number of nitrogens with one attached hydrogen (secondary N) is 2. The molecule has 6 nitrogen and oxygen atoms in total. The van der Waals surface area contributed by atoms with Crippen LogP contribution >= 0.6 is 0 Å². The molecule has 5 rings (SSSR count). The lowest BCUT2D eigenvalue weighted by atomic mass is 9.94. The summed E-state index contributed by atoms with van der Waals surface area (Å²) in [7, 11) is 0. The highest BCUT2D eigenvalue weighted by molar-refractivity contribution is 5.94. The van der Waals surface area contributed by atoms with Crippen molar-refractivity contribution in [1.82, 2.24) is 20.5 Å². The first kappa shape index (κ1) is 17.9. The number of hydrogen-bond acceptors (Lipinski definition) is 5. The number of aliphatic hydroxyl groups excluding tert-OH is 1. The van der Waals surface area contributed by atoms with Gasteiger partial charge in [-0.05, 0) is 18.2 Å². The second-order valence-electron chi connectivity index (χ2n) is 6.83. The molecule has 0 radical (unpaired) electrons. The molecule has 0 spiro atoms. The maximum Gasteiger partial charge on any atom is 0.417 e. The van der Waals surface area contributed by atoms with Crippen LogP contribution in [0.5, 0.6) is 0 Å². The second kappa shape index (κ2) is 6.43. The van der Waals surface area contributed by atoms with Gasteiger partial charge in [0.15, 0.2) is 5.65 Å². The molecule has 1 aliphatic heterocycles. The molecule has 0 saturated carbocycles. The van der Waals surface area contributed by atoms with E-state index in [9.17, 15) is 18.3 Å². The standard InChI is InChI=1S/C20H15F3N4O2/c21-20(22,23)12-4-2-1-3-10(12)15-5-6-16(29-15)17-11-7-25-27-19(11)26-13-8-24-9-14(28)18(13)17/h1-7,14,24,28H,8-9H2,(H,25,26,27). The molecule has 9 heteroatoms. The molecule has 0 bridgehead atoms. The van der Waals surface area contributed by atoms with Crippen molar-refractivity contribution >= 4 is 11.0 Å². The van der Waals surface area contributed by atoms with Crippen LogP contribution in [0.4, 0.5) is 13.2 Å². The molecule has 3 aromatic heterocycles. The first-order chi connectivity index (χ1) is 13.9. The molecule has 0 amide bonds. The van der Waals surface area contributed by atoms with Crippen LogP contribution in [0.2, 0.25) is 0 Å². The summed E-state index contributed by atoms with van der Waals surface area (Å²) in [5, 5.41) is 21.1. The number of nitrogens with zero attached hydrogens (tertiary/aromatic N) is 2. The third-order valence-corrected chi connectivity index (χ3v) is 5.03. The number of aromatic nitrogens is 3. The maximum absolute atomic E-state index is 13.4. The number of rotatable bonds is 2. The third-order valence-electron chi connectivity index (χ3n) is 5.03. The second-order valence-corrected chi connectivity index (χ2v) is 6.83. The normalized spacial score (nSPS) is 16.9. The van der Waals surface area contributed by atoms with Crippen LogP contribution in [0.25, 0.3) is 33.7 Å². The van der Waals surface area contributed by atoms with Gasteiger partial charge in [-0.25, -0.2) is 4.98 Å². The van der Waals surface area contributed by atoms with E-state index in [4.69, 9.17) is 4.42 Å². The summed E-state index contributed by atoms with van der Waals surface area (Å²) in [4.78, 5) is 4.49. The van der Waals surface area contributed by atoms with Gasteiger partial charge < -0.3 is 14.8 Å². The molecule has 0 saturated heterocycles. The van der Waals surface area contributed by atoms with Crippen molar-refractivity contribution in [1.29, 1.82) is 0 Å². The van der Waals surface area contributed by atoms with E-state index in [0.717, 1.165) is 6.07 Å². The molecule has 0 fully saturated rings. The Morgan fingerprint density at radius 2 is 1.90 bits per heavy atom. The van der Waals surface area contributed by atoms with E-state index in [0.29, 0.717) is 46.7 Å². The fraction of sp³-hybridized carbons (Fsp3) is 0.200. The number of H-pyrrole nitrogens is 1. The van der Waals surface area contributed by atoms with Gasteiger partial charge in [-0.2, -0.15) is 18.3 Å². The molecule has 0 aliphatic carbocycles. The molecule has 29 heavy (non-hydrogen) atoms. The van der Waals surface area contributed by atoms with E-state index in [2.05, 4.69) is 20.5 Å². The monoisotopic (exact) mass is 400 g/mol. The van der Waals surface area contributed by atoms with Gasteiger partial charge in [0.1, 0.15) is 11.5 Å². The van der Waals surface area contributed by atoms with E-state index in [-0.39, 0.29) is 11.3 Å². The maximum atomic E-state index is 13.4. The predicted molar refractivity (Wildman–Crippen MR) is 98.7 cm³/mol. The lowest BCUT2D eigenvalue weighted by molar-refractivity contribution is -0.137. The first-order valence-electron chi connectivity index (χ1n) is 8.95. The van der Waals surface area contributed by atoms with Crippen LogP contribution in [0.1, 0.15) is 22.9 Å². The molecule has 1 aliphatic rings. The number of furan rings is 1. The number of halogens is 3. The number of pyridine rings is 1. The van der Waals surface area contributed by atoms with Crippen LogP contribution < -0.4 is 5.32 Å². The van der Waals surface area contributed by atoms with Crippen LogP contribution in [-0.2, 0) is 12.7 Å². The number of β-amino-alcohol motifs (C(OH)–C–C–N with tert-alkyl or cyclic N) is 1. The minimum atomic E-state index is -4.50. The summed E-state index contributed by atoms with van der Waals surface area (Å²) in [6.07, 6.45) is -3.76. The van der Waals surface area contributed by atoms with Crippen LogP contribution in [0, 0.1) is 0 Å². The highest BCUT2D eigenvalue weighted by Crippen LogP contribution is 2.42. The Balaban J connectivity index is 1.71. The summed E-state index contributed by atoms with van der Waals surface area (Å²) in [5.41, 5.74) is 1.54. The van der Waals surface area contributed by atoms with E-state index in [1.54, 1.807) is 12.3 Å². The van der Waals surface area contributed by atoms with Crippen molar-refractivity contribution in [3.05, 3.63) is 59.4 Å². The Morgan fingerprint density at radius 1 is 1.10 bits per heavy atom. The molecular weight excluding hydrogens is 385 g/mol. The van der Waals surface area contributed by atoms with Crippen molar-refractivity contribution < 1.29 is 22.7 Å². The SMILES string of the molecule is OC1CNCc2nc3[nH]ncc3c(-c3ccc(-c4ccccc4C(F)(F)F)o3)c21. The number of fused-ring (bicyclic) bond motifs is 2. The van der Waals surface area contributed by atoms with E-state index in [1.807, 2.05) is 0 Å². The highest BCUT2D eigenvalue weighted by atomic mass is 19.4. The summed E-state index contributed by atoms with van der Waals surface area (Å²) < 4.78 is 46.1. The molecule has 1 unspecified atom stereocenters. The van der Waals surface area contributed by atoms with Crippen LogP contribution in [-0.4, -0.2) is 26.8 Å². The van der Waals surface area contributed by atoms with E-state index >= 15 is 0 Å². The zero-order valence-corrected chi connectivity index (χ0v) is 14.9. The molecule has 4 heterocycles. The average Bonchev–Trinajstić information content (AvgIpc) is 3.35. The van der Waals surface area contributed by atoms with Crippen molar-refractivity contribution in [3.63, 3.8) is 0 Å². The predicted octanol–water partition coefficient (Wildman–Crippen LogP) is 4.04. The molecular formula is C20H15F3N4O2. The number of aromatic amines is 1. The Bertz CT molecular complexity index is 1210. The molecule has 4 aromatic rings. The van der Waals surface area contributed by atoms with Crippen LogP contribution in [0.15, 0.2) is 47.0 Å². The average molecular weight is 400 g/mol. The van der Waals surface area contributed by atoms with Gasteiger partial charge in [-0.1, -0.05) is 18.2 Å². The topological polar surface area (TPSA) is 87.0 Å². The van der Waals surface area contributed by atoms with Gasteiger partial charge in [0.25, 0.3) is 0 Å². The Morgan fingerprint density at radius 3 is 2.72 bits per heavy atom. The Hall–Kier alpha value is -3.17. The van der Waals surface area contributed by atoms with Gasteiger partial charge in [-0.15, -0.1) is 0 Å². The highest BCUT2D eigenvalue weighted by Gasteiger charge is 2.34. The number of alkyl halides is 3. The van der Waals surface area contributed by atoms with Crippen molar-refractivity contribution in [2.75, 3.05) is 6.54 Å². The lowest BCUT2D eigenvalue weighted by Gasteiger charge is -2.24. The smallest absolute Gasteiger partial charge is 0.417 e. The number of benzene rings is 1. The van der Waals surface area contributed by atoms with Gasteiger partial charge >= 0.3 is 6.18 Å². The van der Waals surface area contributed by atoms with Gasteiger partial charge in [0.2, 0.25) is 0 Å². The largest absolute Gasteiger partial charge is 0.456 e. The fourth-order valence-corrected chi connectivity index (χ4v) is 3.78. The molecule has 148 valence electrons. The summed E-state index contributed by atoms with van der Waals surface area (Å²) in [6.45, 7) is 0.800. The number of aliphatic hydroxyl groups is 1. The first-order valence-corrected chi connectivity index (χ1v) is 8.95. The lowest BCUT2D eigenvalue weighted by Crippen LogP contribution is -2.29. The third kappa shape index (κ3) is 2.90. The summed E-state index contributed by atoms with van der Waals surface area (Å²) >= 11 is 0. The zero-order valence-electron chi connectivity index (χ0n) is 14.9. The summed E-state index contributed by atoms with van der Waals surface area (Å²) in [5.74, 6) is 0.446. The molecule has 1 aromatic carbocycles. The van der Waals surface area contributed by atoms with Crippen LogP contribution in [0.3, 0.4) is 0 Å². The molecule has 3 N–H and O–H groups in total. The van der Waals surface area contributed by atoms with Crippen molar-refractivity contribution in [3.8, 4) is 22.6 Å². The van der Waals surface area contributed by atoms with Crippen molar-refractivity contribution in [2.24, 2.45) is 0 Å². The minimum absolute atomic E-state index is 0.0418. The van der Waals surface area contributed by atoms with Gasteiger partial charge in [-0.3, -0.25) is 5.10 Å².